The number of nitrogens with zero attached hydrogens (tertiary/aromatic N) is 1. The average Bonchev–Trinajstić information content (AvgIpc) is 2.41. The molecule has 0 amide bonds. The minimum atomic E-state index is 0.126. The predicted octanol–water partition coefficient (Wildman–Crippen LogP) is 3.54. The van der Waals surface area contributed by atoms with Gasteiger partial charge in [0, 0.05) is 12.1 Å². The number of rotatable bonds is 4. The van der Waals surface area contributed by atoms with Crippen molar-refractivity contribution in [3.63, 3.8) is 0 Å². The quantitative estimate of drug-likeness (QED) is 0.697. The first kappa shape index (κ1) is 13.1. The summed E-state index contributed by atoms with van der Waals surface area (Å²) in [6.07, 6.45) is 14.6. The number of hydrogen-bond donors (Lipinski definition) is 0. The van der Waals surface area contributed by atoms with Gasteiger partial charge in [-0.25, -0.2) is 0 Å². The lowest BCUT2D eigenvalue weighted by Crippen LogP contribution is -2.50. The van der Waals surface area contributed by atoms with E-state index in [0.717, 1.165) is 6.29 Å². The van der Waals surface area contributed by atoms with E-state index in [1.54, 1.807) is 0 Å². The van der Waals surface area contributed by atoms with Crippen molar-refractivity contribution < 1.29 is 4.79 Å². The van der Waals surface area contributed by atoms with Gasteiger partial charge in [-0.15, -0.1) is 0 Å². The van der Waals surface area contributed by atoms with E-state index in [0.29, 0.717) is 12.1 Å². The summed E-state index contributed by atoms with van der Waals surface area (Å²) >= 11 is 0. The van der Waals surface area contributed by atoms with Crippen molar-refractivity contribution in [2.75, 3.05) is 0 Å². The summed E-state index contributed by atoms with van der Waals surface area (Å²) in [5, 5.41) is 0. The maximum absolute atomic E-state index is 11.2. The van der Waals surface area contributed by atoms with Crippen LogP contribution in [0.3, 0.4) is 0 Å². The second-order valence-electron chi connectivity index (χ2n) is 5.91. The second kappa shape index (κ2) is 6.53. The lowest BCUT2D eigenvalue weighted by Gasteiger charge is -2.43. The van der Waals surface area contributed by atoms with Crippen LogP contribution in [-0.4, -0.2) is 29.3 Å². The van der Waals surface area contributed by atoms with Crippen LogP contribution >= 0.6 is 0 Å². The highest BCUT2D eigenvalue weighted by molar-refractivity contribution is 5.57. The molecule has 0 aromatic rings. The normalized spacial score (nSPS) is 26.0. The van der Waals surface area contributed by atoms with Gasteiger partial charge in [0.15, 0.2) is 0 Å². The zero-order valence-electron chi connectivity index (χ0n) is 11.2. The number of carbonyl (C=O) groups is 1. The minimum Gasteiger partial charge on any atom is -0.302 e. The van der Waals surface area contributed by atoms with Crippen LogP contribution in [-0.2, 0) is 4.79 Å². The van der Waals surface area contributed by atoms with E-state index in [-0.39, 0.29) is 6.04 Å². The van der Waals surface area contributed by atoms with Crippen LogP contribution in [0.1, 0.15) is 71.1 Å². The van der Waals surface area contributed by atoms with Crippen LogP contribution in [0, 0.1) is 0 Å². The standard InChI is InChI=1S/C15H27NO/c1-13(12-17)16(14-8-4-2-5-9-14)15-10-6-3-7-11-15/h12-15H,2-11H2,1H3. The number of aldehydes is 1. The van der Waals surface area contributed by atoms with Crippen LogP contribution in [0.2, 0.25) is 0 Å². The minimum absolute atomic E-state index is 0.126. The van der Waals surface area contributed by atoms with Crippen molar-refractivity contribution in [3.05, 3.63) is 0 Å². The summed E-state index contributed by atoms with van der Waals surface area (Å²) in [5.41, 5.74) is 0. The summed E-state index contributed by atoms with van der Waals surface area (Å²) in [6.45, 7) is 2.09. The zero-order valence-corrected chi connectivity index (χ0v) is 11.2. The third kappa shape index (κ3) is 3.31. The van der Waals surface area contributed by atoms with Crippen molar-refractivity contribution in [3.8, 4) is 0 Å². The van der Waals surface area contributed by atoms with Gasteiger partial charge in [0.05, 0.1) is 6.04 Å². The molecule has 0 N–H and O–H groups in total. The Labute approximate surface area is 106 Å². The predicted molar refractivity (Wildman–Crippen MR) is 71.1 cm³/mol. The van der Waals surface area contributed by atoms with Crippen molar-refractivity contribution >= 4 is 6.29 Å². The molecule has 0 saturated heterocycles. The third-order valence-electron chi connectivity index (χ3n) is 4.66. The molecule has 2 fully saturated rings. The molecule has 2 aliphatic rings. The van der Waals surface area contributed by atoms with E-state index in [1.807, 2.05) is 0 Å². The Hall–Kier alpha value is -0.370. The van der Waals surface area contributed by atoms with Crippen LogP contribution in [0.15, 0.2) is 0 Å². The first-order valence-corrected chi connectivity index (χ1v) is 7.55. The molecule has 2 saturated carbocycles. The van der Waals surface area contributed by atoms with Gasteiger partial charge < -0.3 is 4.79 Å². The summed E-state index contributed by atoms with van der Waals surface area (Å²) in [4.78, 5) is 13.8. The van der Waals surface area contributed by atoms with Crippen LogP contribution < -0.4 is 0 Å². The largest absolute Gasteiger partial charge is 0.302 e. The zero-order chi connectivity index (χ0) is 12.1. The van der Waals surface area contributed by atoms with Crippen LogP contribution in [0.25, 0.3) is 0 Å². The Morgan fingerprint density at radius 1 is 0.882 bits per heavy atom. The molecule has 17 heavy (non-hydrogen) atoms. The molecule has 0 bridgehead atoms. The summed E-state index contributed by atoms with van der Waals surface area (Å²) < 4.78 is 0. The molecule has 0 aromatic carbocycles. The first-order valence-electron chi connectivity index (χ1n) is 7.55. The molecular formula is C15H27NO. The molecule has 1 unspecified atom stereocenters. The Bertz CT molecular complexity index is 211. The van der Waals surface area contributed by atoms with E-state index in [2.05, 4.69) is 11.8 Å². The second-order valence-corrected chi connectivity index (χ2v) is 5.91. The Morgan fingerprint density at radius 3 is 1.65 bits per heavy atom. The van der Waals surface area contributed by atoms with E-state index in [9.17, 15) is 4.79 Å². The van der Waals surface area contributed by atoms with Gasteiger partial charge >= 0.3 is 0 Å². The summed E-state index contributed by atoms with van der Waals surface area (Å²) in [6, 6.07) is 1.50. The third-order valence-corrected chi connectivity index (χ3v) is 4.66. The van der Waals surface area contributed by atoms with Gasteiger partial charge in [-0.2, -0.15) is 0 Å². The maximum Gasteiger partial charge on any atom is 0.136 e. The van der Waals surface area contributed by atoms with E-state index in [4.69, 9.17) is 0 Å². The van der Waals surface area contributed by atoms with Gasteiger partial charge in [0.1, 0.15) is 6.29 Å². The molecule has 2 heteroatoms. The van der Waals surface area contributed by atoms with Crippen molar-refractivity contribution in [2.24, 2.45) is 0 Å². The van der Waals surface area contributed by atoms with Gasteiger partial charge in [-0.3, -0.25) is 4.90 Å². The highest BCUT2D eigenvalue weighted by Gasteiger charge is 2.31. The SMILES string of the molecule is CC(C=O)N(C1CCCCC1)C1CCCCC1. The molecule has 2 aliphatic carbocycles. The topological polar surface area (TPSA) is 20.3 Å². The van der Waals surface area contributed by atoms with Crippen LogP contribution in [0.5, 0.6) is 0 Å². The van der Waals surface area contributed by atoms with Crippen molar-refractivity contribution in [2.45, 2.75) is 89.3 Å². The Kier molecular flexibility index (Phi) is 5.02. The molecule has 2 nitrogen and oxygen atoms in total. The molecule has 1 atom stereocenters. The fourth-order valence-electron chi connectivity index (χ4n) is 3.79. The Morgan fingerprint density at radius 2 is 1.29 bits per heavy atom. The lowest BCUT2D eigenvalue weighted by molar-refractivity contribution is -0.114. The summed E-state index contributed by atoms with van der Waals surface area (Å²) in [5.74, 6) is 0. The van der Waals surface area contributed by atoms with Gasteiger partial charge in [-0.1, -0.05) is 38.5 Å². The Balaban J connectivity index is 2.02. The van der Waals surface area contributed by atoms with Crippen molar-refractivity contribution in [1.82, 2.24) is 4.90 Å². The molecule has 98 valence electrons. The molecule has 0 heterocycles. The molecule has 2 rings (SSSR count). The monoisotopic (exact) mass is 237 g/mol. The van der Waals surface area contributed by atoms with Crippen LogP contribution in [0.4, 0.5) is 0 Å². The van der Waals surface area contributed by atoms with E-state index in [1.165, 1.54) is 64.2 Å². The van der Waals surface area contributed by atoms with Crippen molar-refractivity contribution in [1.29, 1.82) is 0 Å². The number of hydrogen-bond acceptors (Lipinski definition) is 2. The highest BCUT2D eigenvalue weighted by Crippen LogP contribution is 2.31. The van der Waals surface area contributed by atoms with Gasteiger partial charge in [0.2, 0.25) is 0 Å². The molecular weight excluding hydrogens is 210 g/mol. The molecule has 0 spiro atoms. The lowest BCUT2D eigenvalue weighted by atomic mass is 9.87. The molecule has 0 aromatic heterocycles. The van der Waals surface area contributed by atoms with E-state index < -0.39 is 0 Å². The fourth-order valence-corrected chi connectivity index (χ4v) is 3.79. The van der Waals surface area contributed by atoms with Gasteiger partial charge in [-0.05, 0) is 32.6 Å². The highest BCUT2D eigenvalue weighted by atomic mass is 16.1. The molecule has 0 radical (unpaired) electrons. The summed E-state index contributed by atoms with van der Waals surface area (Å²) in [7, 11) is 0. The molecule has 0 aliphatic heterocycles. The maximum atomic E-state index is 11.2. The first-order chi connectivity index (χ1) is 8.33. The smallest absolute Gasteiger partial charge is 0.136 e. The van der Waals surface area contributed by atoms with Gasteiger partial charge in [0.25, 0.3) is 0 Å². The fraction of sp³-hybridized carbons (Fsp3) is 0.933. The van der Waals surface area contributed by atoms with E-state index >= 15 is 0 Å². The average molecular weight is 237 g/mol. The number of carbonyl (C=O) groups excluding carboxylic acids is 1.